The molecule has 1 aromatic heterocycles. The van der Waals surface area contributed by atoms with Crippen molar-refractivity contribution in [2.75, 3.05) is 20.6 Å². The fourth-order valence-electron chi connectivity index (χ4n) is 1.84. The molecule has 21 heavy (non-hydrogen) atoms. The molecule has 2 aromatic rings. The number of aromatic carboxylic acids is 1. The van der Waals surface area contributed by atoms with Crippen LogP contribution in [-0.4, -0.2) is 46.4 Å². The highest BCUT2D eigenvalue weighted by Gasteiger charge is 2.06. The fraction of sp³-hybridized carbons (Fsp3) is 0.267. The first-order valence-electron chi connectivity index (χ1n) is 6.54. The Kier molecular flexibility index (Phi) is 4.49. The SMILES string of the molecule is CN(C)CCn1nc(-c2ccc(C(=O)O)cc2)ccc1=O. The number of hydrogen-bond donors (Lipinski definition) is 1. The van der Waals surface area contributed by atoms with E-state index < -0.39 is 5.97 Å². The smallest absolute Gasteiger partial charge is 0.335 e. The number of carbonyl (C=O) groups is 1. The summed E-state index contributed by atoms with van der Waals surface area (Å²) >= 11 is 0. The van der Waals surface area contributed by atoms with E-state index in [2.05, 4.69) is 5.10 Å². The first-order chi connectivity index (χ1) is 9.97. The molecule has 6 nitrogen and oxygen atoms in total. The van der Waals surface area contributed by atoms with Crippen LogP contribution in [0.3, 0.4) is 0 Å². The molecule has 1 aromatic carbocycles. The Bertz CT molecular complexity index is 690. The molecule has 1 N–H and O–H groups in total. The van der Waals surface area contributed by atoms with Gasteiger partial charge in [-0.3, -0.25) is 4.79 Å². The van der Waals surface area contributed by atoms with Crippen molar-refractivity contribution in [3.8, 4) is 11.3 Å². The van der Waals surface area contributed by atoms with Gasteiger partial charge in [0.2, 0.25) is 0 Å². The van der Waals surface area contributed by atoms with Gasteiger partial charge < -0.3 is 10.0 Å². The lowest BCUT2D eigenvalue weighted by Crippen LogP contribution is -2.28. The highest BCUT2D eigenvalue weighted by Crippen LogP contribution is 2.16. The zero-order valence-electron chi connectivity index (χ0n) is 12.0. The largest absolute Gasteiger partial charge is 0.478 e. The van der Waals surface area contributed by atoms with Crippen LogP contribution in [0.25, 0.3) is 11.3 Å². The van der Waals surface area contributed by atoms with Crippen molar-refractivity contribution in [1.82, 2.24) is 14.7 Å². The van der Waals surface area contributed by atoms with Gasteiger partial charge in [-0.1, -0.05) is 12.1 Å². The van der Waals surface area contributed by atoms with E-state index >= 15 is 0 Å². The van der Waals surface area contributed by atoms with Crippen LogP contribution in [0.4, 0.5) is 0 Å². The Balaban J connectivity index is 2.29. The first kappa shape index (κ1) is 14.9. The Labute approximate surface area is 122 Å². The Morgan fingerprint density at radius 1 is 1.19 bits per heavy atom. The minimum atomic E-state index is -0.967. The van der Waals surface area contributed by atoms with E-state index in [1.54, 1.807) is 18.2 Å². The summed E-state index contributed by atoms with van der Waals surface area (Å²) in [6.45, 7) is 1.22. The van der Waals surface area contributed by atoms with Gasteiger partial charge in [-0.25, -0.2) is 9.48 Å². The molecular formula is C15H17N3O3. The fourth-order valence-corrected chi connectivity index (χ4v) is 1.84. The molecule has 1 heterocycles. The van der Waals surface area contributed by atoms with Crippen molar-refractivity contribution in [3.63, 3.8) is 0 Å². The zero-order valence-corrected chi connectivity index (χ0v) is 12.0. The van der Waals surface area contributed by atoms with Crippen LogP contribution in [-0.2, 0) is 6.54 Å². The quantitative estimate of drug-likeness (QED) is 0.893. The average molecular weight is 287 g/mol. The Hall–Kier alpha value is -2.47. The predicted octanol–water partition coefficient (Wildman–Crippen LogP) is 1.17. The van der Waals surface area contributed by atoms with Crippen LogP contribution in [0.5, 0.6) is 0 Å². The number of nitrogens with zero attached hydrogens (tertiary/aromatic N) is 3. The van der Waals surface area contributed by atoms with Crippen molar-refractivity contribution in [2.24, 2.45) is 0 Å². The number of benzene rings is 1. The molecule has 0 aliphatic carbocycles. The summed E-state index contributed by atoms with van der Waals surface area (Å²) in [5.41, 5.74) is 1.49. The van der Waals surface area contributed by atoms with Gasteiger partial charge in [-0.2, -0.15) is 5.10 Å². The number of carboxylic acid groups (broad SMARTS) is 1. The van der Waals surface area contributed by atoms with Crippen molar-refractivity contribution in [1.29, 1.82) is 0 Å². The van der Waals surface area contributed by atoms with Crippen LogP contribution >= 0.6 is 0 Å². The van der Waals surface area contributed by atoms with Gasteiger partial charge >= 0.3 is 5.97 Å². The van der Waals surface area contributed by atoms with E-state index in [1.165, 1.54) is 22.9 Å². The average Bonchev–Trinajstić information content (AvgIpc) is 2.46. The van der Waals surface area contributed by atoms with Gasteiger partial charge in [-0.05, 0) is 32.3 Å². The van der Waals surface area contributed by atoms with E-state index in [0.717, 1.165) is 5.56 Å². The van der Waals surface area contributed by atoms with Crippen molar-refractivity contribution in [3.05, 3.63) is 52.3 Å². The molecule has 0 unspecified atom stereocenters. The van der Waals surface area contributed by atoms with Gasteiger partial charge in [0.1, 0.15) is 0 Å². The number of hydrogen-bond acceptors (Lipinski definition) is 4. The molecule has 0 atom stereocenters. The van der Waals surface area contributed by atoms with Crippen LogP contribution in [0.1, 0.15) is 10.4 Å². The molecule has 0 spiro atoms. The molecule has 0 aliphatic heterocycles. The lowest BCUT2D eigenvalue weighted by molar-refractivity contribution is 0.0697. The third kappa shape index (κ3) is 3.76. The van der Waals surface area contributed by atoms with Crippen LogP contribution < -0.4 is 5.56 Å². The number of carboxylic acids is 1. The summed E-state index contributed by atoms with van der Waals surface area (Å²) in [4.78, 5) is 24.6. The monoisotopic (exact) mass is 287 g/mol. The molecule has 6 heteroatoms. The summed E-state index contributed by atoms with van der Waals surface area (Å²) in [7, 11) is 3.86. The summed E-state index contributed by atoms with van der Waals surface area (Å²) in [5.74, 6) is -0.967. The van der Waals surface area contributed by atoms with Crippen molar-refractivity contribution < 1.29 is 9.90 Å². The Morgan fingerprint density at radius 2 is 1.86 bits per heavy atom. The van der Waals surface area contributed by atoms with Gasteiger partial charge in [-0.15, -0.1) is 0 Å². The maximum atomic E-state index is 11.8. The standard InChI is InChI=1S/C15H17N3O3/c1-17(2)9-10-18-14(19)8-7-13(16-18)11-3-5-12(6-4-11)15(20)21/h3-8H,9-10H2,1-2H3,(H,20,21). The highest BCUT2D eigenvalue weighted by molar-refractivity contribution is 5.88. The molecule has 0 radical (unpaired) electrons. The maximum absolute atomic E-state index is 11.8. The number of aromatic nitrogens is 2. The molecule has 0 fully saturated rings. The molecule has 0 saturated carbocycles. The van der Waals surface area contributed by atoms with Crippen molar-refractivity contribution in [2.45, 2.75) is 6.54 Å². The number of rotatable bonds is 5. The van der Waals surface area contributed by atoms with E-state index in [4.69, 9.17) is 5.11 Å². The van der Waals surface area contributed by atoms with Crippen molar-refractivity contribution >= 4 is 5.97 Å². The van der Waals surface area contributed by atoms with Gasteiger partial charge in [0.05, 0.1) is 17.8 Å². The number of likely N-dealkylation sites (N-methyl/N-ethyl adjacent to an activating group) is 1. The van der Waals surface area contributed by atoms with Crippen LogP contribution in [0, 0.1) is 0 Å². The molecule has 0 saturated heterocycles. The Morgan fingerprint density at radius 3 is 2.43 bits per heavy atom. The molecule has 110 valence electrons. The summed E-state index contributed by atoms with van der Waals surface area (Å²) < 4.78 is 1.42. The zero-order chi connectivity index (χ0) is 15.4. The van der Waals surface area contributed by atoms with E-state index in [-0.39, 0.29) is 11.1 Å². The second kappa shape index (κ2) is 6.32. The van der Waals surface area contributed by atoms with Gasteiger partial charge in [0.25, 0.3) is 5.56 Å². The second-order valence-corrected chi connectivity index (χ2v) is 4.97. The normalized spacial score (nSPS) is 10.8. The third-order valence-corrected chi connectivity index (χ3v) is 3.05. The van der Waals surface area contributed by atoms with Gasteiger partial charge in [0, 0.05) is 18.2 Å². The third-order valence-electron chi connectivity index (χ3n) is 3.05. The lowest BCUT2D eigenvalue weighted by Gasteiger charge is -2.11. The second-order valence-electron chi connectivity index (χ2n) is 4.97. The maximum Gasteiger partial charge on any atom is 0.335 e. The molecule has 0 amide bonds. The van der Waals surface area contributed by atoms with Crippen LogP contribution in [0.2, 0.25) is 0 Å². The summed E-state index contributed by atoms with van der Waals surface area (Å²) in [6.07, 6.45) is 0. The molecule has 2 rings (SSSR count). The minimum absolute atomic E-state index is 0.150. The summed E-state index contributed by atoms with van der Waals surface area (Å²) in [5, 5.41) is 13.2. The van der Waals surface area contributed by atoms with E-state index in [0.29, 0.717) is 18.8 Å². The van der Waals surface area contributed by atoms with Crippen LogP contribution in [0.15, 0.2) is 41.2 Å². The van der Waals surface area contributed by atoms with Gasteiger partial charge in [0.15, 0.2) is 0 Å². The molecule has 0 bridgehead atoms. The first-order valence-corrected chi connectivity index (χ1v) is 6.54. The predicted molar refractivity (Wildman–Crippen MR) is 79.4 cm³/mol. The molecule has 0 aliphatic rings. The molecular weight excluding hydrogens is 270 g/mol. The minimum Gasteiger partial charge on any atom is -0.478 e. The summed E-state index contributed by atoms with van der Waals surface area (Å²) in [6, 6.07) is 9.54. The highest BCUT2D eigenvalue weighted by atomic mass is 16.4. The van der Waals surface area contributed by atoms with E-state index in [9.17, 15) is 9.59 Å². The lowest BCUT2D eigenvalue weighted by atomic mass is 10.1. The van der Waals surface area contributed by atoms with E-state index in [1.807, 2.05) is 19.0 Å². The topological polar surface area (TPSA) is 75.4 Å².